The van der Waals surface area contributed by atoms with Gasteiger partial charge in [-0.1, -0.05) is 18.2 Å². The van der Waals surface area contributed by atoms with Gasteiger partial charge in [-0.05, 0) is 31.0 Å². The molecule has 7 heteroatoms. The summed E-state index contributed by atoms with van der Waals surface area (Å²) >= 11 is 0. The summed E-state index contributed by atoms with van der Waals surface area (Å²) in [5.41, 5.74) is 0.782. The third-order valence-electron chi connectivity index (χ3n) is 5.54. The maximum atomic E-state index is 14.2. The molecule has 1 aliphatic carbocycles. The van der Waals surface area contributed by atoms with Crippen molar-refractivity contribution >= 4 is 17.3 Å². The van der Waals surface area contributed by atoms with Gasteiger partial charge in [-0.15, -0.1) is 0 Å². The number of nitrogens with zero attached hydrogens (tertiary/aromatic N) is 3. The molecule has 0 atom stereocenters. The summed E-state index contributed by atoms with van der Waals surface area (Å²) in [6.07, 6.45) is 1.38. The second-order valence-corrected chi connectivity index (χ2v) is 7.11. The van der Waals surface area contributed by atoms with Gasteiger partial charge in [0.2, 0.25) is 5.91 Å². The number of anilines is 1. The number of piperazine rings is 1. The predicted octanol–water partition coefficient (Wildman–Crippen LogP) is 3.11. The maximum absolute atomic E-state index is 14.2. The molecular formula is C20H20FN3O3. The largest absolute Gasteiger partial charge is 0.368 e. The van der Waals surface area contributed by atoms with Crippen LogP contribution in [0.3, 0.4) is 0 Å². The fraction of sp³-hybridized carbons (Fsp3) is 0.350. The summed E-state index contributed by atoms with van der Waals surface area (Å²) in [6.45, 7) is 2.42. The monoisotopic (exact) mass is 369 g/mol. The van der Waals surface area contributed by atoms with Crippen LogP contribution in [0.15, 0.2) is 48.5 Å². The molecule has 0 N–H and O–H groups in total. The van der Waals surface area contributed by atoms with Gasteiger partial charge in [0.05, 0.1) is 10.3 Å². The molecule has 0 bridgehead atoms. The van der Waals surface area contributed by atoms with Crippen LogP contribution >= 0.6 is 0 Å². The fourth-order valence-electron chi connectivity index (χ4n) is 3.83. The van der Waals surface area contributed by atoms with Crippen molar-refractivity contribution in [3.8, 4) is 0 Å². The summed E-state index contributed by atoms with van der Waals surface area (Å²) in [7, 11) is 0. The van der Waals surface area contributed by atoms with Crippen LogP contribution in [-0.2, 0) is 10.2 Å². The number of benzene rings is 2. The van der Waals surface area contributed by atoms with Gasteiger partial charge in [0, 0.05) is 49.6 Å². The second-order valence-electron chi connectivity index (χ2n) is 7.11. The lowest BCUT2D eigenvalue weighted by atomic mass is 9.93. The molecule has 1 saturated heterocycles. The highest BCUT2D eigenvalue weighted by atomic mass is 19.1. The Labute approximate surface area is 156 Å². The van der Waals surface area contributed by atoms with E-state index in [1.165, 1.54) is 18.2 Å². The fourth-order valence-corrected chi connectivity index (χ4v) is 3.83. The number of hydrogen-bond acceptors (Lipinski definition) is 4. The van der Waals surface area contributed by atoms with E-state index in [4.69, 9.17) is 0 Å². The van der Waals surface area contributed by atoms with E-state index in [0.29, 0.717) is 44.6 Å². The Morgan fingerprint density at radius 2 is 1.63 bits per heavy atom. The van der Waals surface area contributed by atoms with E-state index < -0.39 is 10.3 Å². The molecule has 2 aromatic carbocycles. The Bertz CT molecular complexity index is 872. The lowest BCUT2D eigenvalue weighted by Gasteiger charge is -2.37. The third kappa shape index (κ3) is 3.13. The molecule has 2 aliphatic rings. The van der Waals surface area contributed by atoms with Crippen molar-refractivity contribution < 1.29 is 14.1 Å². The highest BCUT2D eigenvalue weighted by molar-refractivity contribution is 5.91. The standard InChI is InChI=1S/C20H20FN3O3/c21-18-4-2-1-3-17(18)20(9-10-20)19(25)23-13-11-22(12-14-23)15-5-7-16(8-6-15)24(26)27/h1-8H,9-14H2. The molecule has 0 radical (unpaired) electrons. The van der Waals surface area contributed by atoms with E-state index in [1.54, 1.807) is 30.3 Å². The molecule has 1 heterocycles. The zero-order valence-electron chi connectivity index (χ0n) is 14.8. The molecule has 4 rings (SSSR count). The Morgan fingerprint density at radius 1 is 1.00 bits per heavy atom. The van der Waals surface area contributed by atoms with Crippen molar-refractivity contribution in [2.45, 2.75) is 18.3 Å². The topological polar surface area (TPSA) is 66.7 Å². The SMILES string of the molecule is O=C(N1CCN(c2ccc([N+](=O)[O-])cc2)CC1)C1(c2ccccc2F)CC1. The van der Waals surface area contributed by atoms with Crippen molar-refractivity contribution in [3.63, 3.8) is 0 Å². The number of halogens is 1. The van der Waals surface area contributed by atoms with Crippen molar-refractivity contribution in [2.24, 2.45) is 0 Å². The predicted molar refractivity (Wildman–Crippen MR) is 99.2 cm³/mol. The van der Waals surface area contributed by atoms with E-state index in [2.05, 4.69) is 4.90 Å². The number of non-ortho nitro benzene ring substituents is 1. The molecule has 140 valence electrons. The van der Waals surface area contributed by atoms with Gasteiger partial charge in [0.1, 0.15) is 5.82 Å². The smallest absolute Gasteiger partial charge is 0.269 e. The molecule has 1 amide bonds. The first kappa shape index (κ1) is 17.5. The van der Waals surface area contributed by atoms with E-state index >= 15 is 0 Å². The average molecular weight is 369 g/mol. The number of amides is 1. The quantitative estimate of drug-likeness (QED) is 0.613. The first-order valence-corrected chi connectivity index (χ1v) is 9.05. The van der Waals surface area contributed by atoms with Crippen LogP contribution in [0.25, 0.3) is 0 Å². The zero-order chi connectivity index (χ0) is 19.0. The van der Waals surface area contributed by atoms with Gasteiger partial charge in [0.25, 0.3) is 5.69 Å². The van der Waals surface area contributed by atoms with Crippen molar-refractivity contribution in [2.75, 3.05) is 31.1 Å². The lowest BCUT2D eigenvalue weighted by molar-refractivity contribution is -0.384. The molecule has 2 fully saturated rings. The minimum Gasteiger partial charge on any atom is -0.368 e. The molecule has 0 spiro atoms. The minimum absolute atomic E-state index is 0.0101. The summed E-state index contributed by atoms with van der Waals surface area (Å²) in [6, 6.07) is 13.0. The number of nitro groups is 1. The Kier molecular flexibility index (Phi) is 4.30. The molecule has 2 aromatic rings. The number of rotatable bonds is 4. The molecule has 6 nitrogen and oxygen atoms in total. The van der Waals surface area contributed by atoms with E-state index in [0.717, 1.165) is 5.69 Å². The van der Waals surface area contributed by atoms with Crippen molar-refractivity contribution in [1.29, 1.82) is 0 Å². The van der Waals surface area contributed by atoms with Crippen LogP contribution in [0.1, 0.15) is 18.4 Å². The van der Waals surface area contributed by atoms with Gasteiger partial charge in [-0.3, -0.25) is 14.9 Å². The zero-order valence-corrected chi connectivity index (χ0v) is 14.8. The van der Waals surface area contributed by atoms with Crippen LogP contribution in [0.4, 0.5) is 15.8 Å². The van der Waals surface area contributed by atoms with E-state index in [1.807, 2.05) is 4.90 Å². The highest BCUT2D eigenvalue weighted by Crippen LogP contribution is 2.50. The van der Waals surface area contributed by atoms with Crippen LogP contribution in [0, 0.1) is 15.9 Å². The first-order valence-electron chi connectivity index (χ1n) is 9.05. The van der Waals surface area contributed by atoms with Crippen LogP contribution in [0.2, 0.25) is 0 Å². The molecule has 0 aromatic heterocycles. The van der Waals surface area contributed by atoms with Crippen LogP contribution < -0.4 is 4.90 Å². The van der Waals surface area contributed by atoms with Gasteiger partial charge in [0.15, 0.2) is 0 Å². The van der Waals surface area contributed by atoms with Gasteiger partial charge in [-0.25, -0.2) is 4.39 Å². The van der Waals surface area contributed by atoms with Gasteiger partial charge < -0.3 is 9.80 Å². The minimum atomic E-state index is -0.694. The lowest BCUT2D eigenvalue weighted by Crippen LogP contribution is -2.51. The molecule has 1 saturated carbocycles. The van der Waals surface area contributed by atoms with Crippen LogP contribution in [0.5, 0.6) is 0 Å². The summed E-state index contributed by atoms with van der Waals surface area (Å²) in [4.78, 5) is 27.3. The first-order chi connectivity index (χ1) is 13.0. The summed E-state index contributed by atoms with van der Waals surface area (Å²) in [5.74, 6) is -0.302. The van der Waals surface area contributed by atoms with E-state index in [9.17, 15) is 19.3 Å². The molecular weight excluding hydrogens is 349 g/mol. The van der Waals surface area contributed by atoms with Gasteiger partial charge in [-0.2, -0.15) is 0 Å². The van der Waals surface area contributed by atoms with Gasteiger partial charge >= 0.3 is 0 Å². The maximum Gasteiger partial charge on any atom is 0.269 e. The highest BCUT2D eigenvalue weighted by Gasteiger charge is 2.54. The Balaban J connectivity index is 1.43. The third-order valence-corrected chi connectivity index (χ3v) is 5.54. The van der Waals surface area contributed by atoms with Crippen molar-refractivity contribution in [3.05, 3.63) is 70.0 Å². The van der Waals surface area contributed by atoms with E-state index in [-0.39, 0.29) is 17.4 Å². The molecule has 27 heavy (non-hydrogen) atoms. The normalized spacial score (nSPS) is 18.3. The summed E-state index contributed by atoms with van der Waals surface area (Å²) in [5, 5.41) is 10.8. The second kappa shape index (κ2) is 6.64. The summed E-state index contributed by atoms with van der Waals surface area (Å²) < 4.78 is 14.2. The Morgan fingerprint density at radius 3 is 2.19 bits per heavy atom. The van der Waals surface area contributed by atoms with Crippen LogP contribution in [-0.4, -0.2) is 41.9 Å². The number of nitro benzene ring substituents is 1. The molecule has 1 aliphatic heterocycles. The van der Waals surface area contributed by atoms with Crippen molar-refractivity contribution in [1.82, 2.24) is 4.90 Å². The average Bonchev–Trinajstić information content (AvgIpc) is 3.50. The number of carbonyl (C=O) groups excluding carboxylic acids is 1. The Hall–Kier alpha value is -2.96. The number of carbonyl (C=O) groups is 1. The number of hydrogen-bond donors (Lipinski definition) is 0. The molecule has 0 unspecified atom stereocenters.